The molecule has 0 aliphatic carbocycles. The quantitative estimate of drug-likeness (QED) is 0.255. The third-order valence-corrected chi connectivity index (χ3v) is 6.58. The maximum Gasteiger partial charge on any atom is 0.307 e. The molecule has 3 aromatic rings. The topological polar surface area (TPSA) is 72.8 Å². The van der Waals surface area contributed by atoms with Crippen molar-refractivity contribution in [3.63, 3.8) is 0 Å². The van der Waals surface area contributed by atoms with Crippen molar-refractivity contribution >= 4 is 59.5 Å². The van der Waals surface area contributed by atoms with Gasteiger partial charge in [0.2, 0.25) is 0 Å². The highest BCUT2D eigenvalue weighted by molar-refractivity contribution is 9.11. The molecule has 3 rings (SSSR count). The van der Waals surface area contributed by atoms with Crippen LogP contribution in [0.25, 0.3) is 0 Å². The van der Waals surface area contributed by atoms with Crippen molar-refractivity contribution in [2.24, 2.45) is 0 Å². The first-order valence-corrected chi connectivity index (χ1v) is 12.4. The van der Waals surface area contributed by atoms with Crippen LogP contribution in [0, 0.1) is 0 Å². The third-order valence-electron chi connectivity index (χ3n) is 4.91. The number of rotatable bonds is 8. The normalized spacial score (nSPS) is 10.9. The number of carboxylic acid groups (broad SMARTS) is 1. The summed E-state index contributed by atoms with van der Waals surface area (Å²) in [4.78, 5) is 24.6. The van der Waals surface area contributed by atoms with E-state index in [1.807, 2.05) is 26.0 Å². The van der Waals surface area contributed by atoms with Gasteiger partial charge >= 0.3 is 5.97 Å². The van der Waals surface area contributed by atoms with Gasteiger partial charge in [-0.05, 0) is 79.7 Å². The number of hydrogen-bond acceptors (Lipinski definition) is 4. The van der Waals surface area contributed by atoms with E-state index in [0.29, 0.717) is 42.9 Å². The molecule has 0 fully saturated rings. The molecular formula is C25H21Br3O5. The standard InChI is InChI=1S/C25H21Br3O5/c1-13(2)17-11-22(33-25-19(27)7-14(8-20(25)28)9-23(29)30)18(12-21(17)32-3)24(31)15-5-4-6-16(26)10-15/h4-8,10-13H,9H2,1-3H3,(H,29,30). The Balaban J connectivity index is 2.15. The summed E-state index contributed by atoms with van der Waals surface area (Å²) < 4.78 is 13.8. The predicted molar refractivity (Wildman–Crippen MR) is 138 cm³/mol. The van der Waals surface area contributed by atoms with E-state index in [-0.39, 0.29) is 18.1 Å². The maximum atomic E-state index is 13.5. The Morgan fingerprint density at radius 2 is 1.64 bits per heavy atom. The molecule has 0 amide bonds. The zero-order valence-corrected chi connectivity index (χ0v) is 22.9. The SMILES string of the molecule is COc1cc(C(=O)c2cccc(Br)c2)c(Oc2c(Br)cc(CC(=O)O)cc2Br)cc1C(C)C. The van der Waals surface area contributed by atoms with Crippen LogP contribution in [-0.2, 0) is 11.2 Å². The minimum atomic E-state index is -0.930. The van der Waals surface area contributed by atoms with Gasteiger partial charge < -0.3 is 14.6 Å². The van der Waals surface area contributed by atoms with E-state index in [1.165, 1.54) is 0 Å². The molecular weight excluding hydrogens is 620 g/mol. The van der Waals surface area contributed by atoms with Crippen molar-refractivity contribution in [3.05, 3.63) is 84.2 Å². The summed E-state index contributed by atoms with van der Waals surface area (Å²) in [6.07, 6.45) is -0.121. The van der Waals surface area contributed by atoms with Crippen molar-refractivity contribution in [1.29, 1.82) is 0 Å². The molecule has 0 heterocycles. The fourth-order valence-electron chi connectivity index (χ4n) is 3.35. The van der Waals surface area contributed by atoms with Gasteiger partial charge in [0.25, 0.3) is 0 Å². The van der Waals surface area contributed by atoms with E-state index in [9.17, 15) is 9.59 Å². The van der Waals surface area contributed by atoms with Gasteiger partial charge in [-0.15, -0.1) is 0 Å². The summed E-state index contributed by atoms with van der Waals surface area (Å²) in [5.74, 6) is 0.396. The van der Waals surface area contributed by atoms with E-state index in [1.54, 1.807) is 43.5 Å². The first-order chi connectivity index (χ1) is 15.6. The average molecular weight is 641 g/mol. The zero-order chi connectivity index (χ0) is 24.3. The van der Waals surface area contributed by atoms with E-state index < -0.39 is 5.97 Å². The van der Waals surface area contributed by atoms with Crippen molar-refractivity contribution in [1.82, 2.24) is 0 Å². The lowest BCUT2D eigenvalue weighted by atomic mass is 9.95. The average Bonchev–Trinajstić information content (AvgIpc) is 2.74. The highest BCUT2D eigenvalue weighted by Gasteiger charge is 2.22. The molecule has 0 unspecified atom stereocenters. The third kappa shape index (κ3) is 6.05. The van der Waals surface area contributed by atoms with E-state index in [4.69, 9.17) is 14.6 Å². The van der Waals surface area contributed by atoms with Crippen LogP contribution in [0.2, 0.25) is 0 Å². The monoisotopic (exact) mass is 638 g/mol. The second kappa shape index (κ2) is 10.8. The van der Waals surface area contributed by atoms with Crippen molar-refractivity contribution in [3.8, 4) is 17.2 Å². The van der Waals surface area contributed by atoms with Crippen LogP contribution in [0.15, 0.2) is 61.9 Å². The highest BCUT2D eigenvalue weighted by Crippen LogP contribution is 2.42. The molecule has 3 aromatic carbocycles. The van der Waals surface area contributed by atoms with Crippen LogP contribution >= 0.6 is 47.8 Å². The van der Waals surface area contributed by atoms with Gasteiger partial charge in [0.05, 0.1) is 28.0 Å². The molecule has 0 aliphatic heterocycles. The lowest BCUT2D eigenvalue weighted by Crippen LogP contribution is -2.07. The Kier molecular flexibility index (Phi) is 8.37. The summed E-state index contributed by atoms with van der Waals surface area (Å²) in [6.45, 7) is 4.06. The molecule has 0 saturated carbocycles. The molecule has 0 atom stereocenters. The number of hydrogen-bond donors (Lipinski definition) is 1. The number of methoxy groups -OCH3 is 1. The lowest BCUT2D eigenvalue weighted by molar-refractivity contribution is -0.136. The number of benzene rings is 3. The molecule has 0 aromatic heterocycles. The van der Waals surface area contributed by atoms with Crippen LogP contribution in [-0.4, -0.2) is 24.0 Å². The second-order valence-electron chi connectivity index (χ2n) is 7.65. The Labute approximate surface area is 217 Å². The van der Waals surface area contributed by atoms with Crippen molar-refractivity contribution in [2.45, 2.75) is 26.2 Å². The molecule has 1 N–H and O–H groups in total. The Hall–Kier alpha value is -2.16. The Morgan fingerprint density at radius 3 is 2.18 bits per heavy atom. The van der Waals surface area contributed by atoms with Gasteiger partial charge in [0.15, 0.2) is 11.5 Å². The first-order valence-electron chi connectivity index (χ1n) is 10.0. The van der Waals surface area contributed by atoms with Crippen LogP contribution in [0.3, 0.4) is 0 Å². The molecule has 0 spiro atoms. The summed E-state index contributed by atoms with van der Waals surface area (Å²) in [7, 11) is 1.57. The summed E-state index contributed by atoms with van der Waals surface area (Å²) in [5.41, 5.74) is 2.36. The number of halogens is 3. The smallest absolute Gasteiger partial charge is 0.307 e. The number of carboxylic acids is 1. The van der Waals surface area contributed by atoms with Crippen LogP contribution in [0.5, 0.6) is 17.2 Å². The minimum Gasteiger partial charge on any atom is -0.496 e. The fraction of sp³-hybridized carbons (Fsp3) is 0.200. The molecule has 5 nitrogen and oxygen atoms in total. The van der Waals surface area contributed by atoms with Gasteiger partial charge in [0, 0.05) is 15.6 Å². The van der Waals surface area contributed by atoms with Gasteiger partial charge in [-0.25, -0.2) is 0 Å². The predicted octanol–water partition coefficient (Wildman–Crippen LogP) is 7.76. The minimum absolute atomic E-state index is 0.121. The molecule has 0 radical (unpaired) electrons. The van der Waals surface area contributed by atoms with Gasteiger partial charge in [0.1, 0.15) is 11.5 Å². The molecule has 172 valence electrons. The summed E-state index contributed by atoms with van der Waals surface area (Å²) in [6, 6.07) is 14.0. The van der Waals surface area contributed by atoms with E-state index in [2.05, 4.69) is 47.8 Å². The van der Waals surface area contributed by atoms with Gasteiger partial charge in [-0.2, -0.15) is 0 Å². The number of ether oxygens (including phenoxy) is 2. The maximum absolute atomic E-state index is 13.5. The Bertz CT molecular complexity index is 1200. The lowest BCUT2D eigenvalue weighted by Gasteiger charge is -2.19. The molecule has 0 saturated heterocycles. The first kappa shape index (κ1) is 25.5. The molecule has 33 heavy (non-hydrogen) atoms. The number of aliphatic carboxylic acids is 1. The highest BCUT2D eigenvalue weighted by atomic mass is 79.9. The molecule has 0 bridgehead atoms. The van der Waals surface area contributed by atoms with Crippen LogP contribution in [0.1, 0.15) is 46.8 Å². The summed E-state index contributed by atoms with van der Waals surface area (Å²) >= 11 is 10.4. The number of carbonyl (C=O) groups excluding carboxylic acids is 1. The van der Waals surface area contributed by atoms with E-state index in [0.717, 1.165) is 10.0 Å². The number of carbonyl (C=O) groups is 2. The van der Waals surface area contributed by atoms with Crippen molar-refractivity contribution in [2.75, 3.05) is 7.11 Å². The van der Waals surface area contributed by atoms with Crippen LogP contribution in [0.4, 0.5) is 0 Å². The zero-order valence-electron chi connectivity index (χ0n) is 18.1. The van der Waals surface area contributed by atoms with Crippen LogP contribution < -0.4 is 9.47 Å². The molecule has 8 heteroatoms. The largest absolute Gasteiger partial charge is 0.496 e. The van der Waals surface area contributed by atoms with Gasteiger partial charge in [-0.3, -0.25) is 9.59 Å². The number of ketones is 1. The second-order valence-corrected chi connectivity index (χ2v) is 10.3. The van der Waals surface area contributed by atoms with E-state index >= 15 is 0 Å². The summed E-state index contributed by atoms with van der Waals surface area (Å²) in [5, 5.41) is 9.10. The fourth-order valence-corrected chi connectivity index (χ4v) is 5.19. The van der Waals surface area contributed by atoms with Crippen molar-refractivity contribution < 1.29 is 24.2 Å². The molecule has 0 aliphatic rings. The van der Waals surface area contributed by atoms with Gasteiger partial charge in [-0.1, -0.05) is 41.9 Å². The Morgan fingerprint density at radius 1 is 0.970 bits per heavy atom.